The summed E-state index contributed by atoms with van der Waals surface area (Å²) in [5.74, 6) is -1.48. The Morgan fingerprint density at radius 3 is 2.00 bits per heavy atom. The molecule has 0 unspecified atom stereocenters. The van der Waals surface area contributed by atoms with Crippen LogP contribution in [0.1, 0.15) is 23.6 Å². The van der Waals surface area contributed by atoms with E-state index in [-0.39, 0.29) is 45.0 Å². The van der Waals surface area contributed by atoms with Gasteiger partial charge in [-0.25, -0.2) is 8.42 Å². The molecule has 2 amide bonds. The Kier molecular flexibility index (Phi) is 11.8. The van der Waals surface area contributed by atoms with Crippen LogP contribution in [-0.4, -0.2) is 44.3 Å². The van der Waals surface area contributed by atoms with E-state index in [1.54, 1.807) is 49.4 Å². The van der Waals surface area contributed by atoms with Crippen LogP contribution in [0.15, 0.2) is 102 Å². The number of carbonyl (C=O) groups excluding carboxylic acids is 2. The van der Waals surface area contributed by atoms with Crippen molar-refractivity contribution in [1.82, 2.24) is 10.2 Å². The molecule has 0 saturated heterocycles. The summed E-state index contributed by atoms with van der Waals surface area (Å²) in [5.41, 5.74) is -0.795. The van der Waals surface area contributed by atoms with Crippen LogP contribution in [0.4, 0.5) is 18.9 Å². The molecule has 0 fully saturated rings. The third kappa shape index (κ3) is 8.78. The summed E-state index contributed by atoms with van der Waals surface area (Å²) >= 11 is 19.3. The van der Waals surface area contributed by atoms with E-state index >= 15 is 0 Å². The van der Waals surface area contributed by atoms with Crippen LogP contribution in [0.3, 0.4) is 0 Å². The van der Waals surface area contributed by atoms with Crippen LogP contribution >= 0.6 is 34.8 Å². The van der Waals surface area contributed by atoms with E-state index in [0.29, 0.717) is 22.0 Å². The second kappa shape index (κ2) is 15.4. The van der Waals surface area contributed by atoms with Crippen molar-refractivity contribution in [2.75, 3.05) is 17.4 Å². The van der Waals surface area contributed by atoms with Crippen molar-refractivity contribution in [3.05, 3.63) is 129 Å². The first-order valence-corrected chi connectivity index (χ1v) is 16.8. The molecule has 0 aliphatic heterocycles. The number of nitrogens with zero attached hydrogens (tertiary/aromatic N) is 2. The zero-order chi connectivity index (χ0) is 34.4. The Bertz CT molecular complexity index is 1810. The number of amides is 2. The molecule has 0 radical (unpaired) electrons. The van der Waals surface area contributed by atoms with E-state index in [1.165, 1.54) is 36.4 Å². The number of nitrogens with one attached hydrogen (secondary N) is 1. The fourth-order valence-corrected chi connectivity index (χ4v) is 7.05. The monoisotopic (exact) mass is 725 g/mol. The van der Waals surface area contributed by atoms with Crippen molar-refractivity contribution < 1.29 is 31.2 Å². The summed E-state index contributed by atoms with van der Waals surface area (Å²) < 4.78 is 70.1. The third-order valence-corrected chi connectivity index (χ3v) is 9.97. The lowest BCUT2D eigenvalue weighted by Gasteiger charge is -2.34. The maximum atomic E-state index is 14.5. The second-order valence-corrected chi connectivity index (χ2v) is 13.4. The molecule has 7 nitrogen and oxygen atoms in total. The summed E-state index contributed by atoms with van der Waals surface area (Å²) in [5, 5.41) is 2.72. The first kappa shape index (κ1) is 36.1. The topological polar surface area (TPSA) is 86.8 Å². The van der Waals surface area contributed by atoms with Crippen LogP contribution in [0.5, 0.6) is 0 Å². The molecule has 14 heteroatoms. The van der Waals surface area contributed by atoms with Gasteiger partial charge >= 0.3 is 6.18 Å². The van der Waals surface area contributed by atoms with Gasteiger partial charge in [-0.05, 0) is 55.0 Å². The van der Waals surface area contributed by atoms with Gasteiger partial charge in [0.2, 0.25) is 11.8 Å². The highest BCUT2D eigenvalue weighted by molar-refractivity contribution is 7.92. The lowest BCUT2D eigenvalue weighted by molar-refractivity contribution is -0.140. The third-order valence-electron chi connectivity index (χ3n) is 7.16. The van der Waals surface area contributed by atoms with Crippen LogP contribution in [0.2, 0.25) is 15.1 Å². The van der Waals surface area contributed by atoms with E-state index in [9.17, 15) is 31.2 Å². The minimum atomic E-state index is -4.85. The zero-order valence-corrected chi connectivity index (χ0v) is 27.9. The minimum Gasteiger partial charge on any atom is -0.355 e. The van der Waals surface area contributed by atoms with Gasteiger partial charge in [-0.3, -0.25) is 13.9 Å². The molecular weight excluding hydrogens is 698 g/mol. The standard InChI is InChI=1S/C33H29Cl3F3N3O4S/c1-2-40-32(44)30(18-22-10-5-3-6-11-22)41(20-25-26(34)14-9-15-27(25)35)31(43)21-42(47(45,46)24-12-7-4-8-13-24)29-19-23(33(37,38)39)16-17-28(29)36/h3-17,19,30H,2,18,20-21H2,1H3,(H,40,44)/t30-/m1/s1. The quantitative estimate of drug-likeness (QED) is 0.163. The fraction of sp³-hybridized carbons (Fsp3) is 0.212. The van der Waals surface area contributed by atoms with E-state index in [1.807, 2.05) is 0 Å². The number of halogens is 6. The molecule has 47 heavy (non-hydrogen) atoms. The number of hydrogen-bond donors (Lipinski definition) is 1. The summed E-state index contributed by atoms with van der Waals surface area (Å²) in [6.07, 6.45) is -4.84. The molecule has 4 aromatic rings. The molecule has 1 atom stereocenters. The molecule has 4 rings (SSSR count). The minimum absolute atomic E-state index is 0.0102. The first-order chi connectivity index (χ1) is 22.2. The number of sulfonamides is 1. The lowest BCUT2D eigenvalue weighted by Crippen LogP contribution is -2.53. The number of alkyl halides is 3. The summed E-state index contributed by atoms with van der Waals surface area (Å²) in [7, 11) is -4.69. The molecule has 0 aromatic heterocycles. The maximum absolute atomic E-state index is 14.5. The highest BCUT2D eigenvalue weighted by Gasteiger charge is 2.37. The van der Waals surface area contributed by atoms with Crippen molar-refractivity contribution in [2.45, 2.75) is 37.0 Å². The predicted molar refractivity (Wildman–Crippen MR) is 177 cm³/mol. The van der Waals surface area contributed by atoms with Gasteiger partial charge < -0.3 is 10.2 Å². The zero-order valence-electron chi connectivity index (χ0n) is 24.8. The van der Waals surface area contributed by atoms with Gasteiger partial charge in [-0.15, -0.1) is 0 Å². The maximum Gasteiger partial charge on any atom is 0.416 e. The molecule has 1 N–H and O–H groups in total. The number of benzene rings is 4. The molecule has 0 saturated carbocycles. The number of likely N-dealkylation sites (N-methyl/N-ethyl adjacent to an activating group) is 1. The molecule has 0 aliphatic rings. The van der Waals surface area contributed by atoms with Crippen LogP contribution < -0.4 is 9.62 Å². The number of rotatable bonds is 12. The SMILES string of the molecule is CCNC(=O)[C@@H](Cc1ccccc1)N(Cc1c(Cl)cccc1Cl)C(=O)CN(c1cc(C(F)(F)F)ccc1Cl)S(=O)(=O)c1ccccc1. The Balaban J connectivity index is 1.89. The van der Waals surface area contributed by atoms with Crippen molar-refractivity contribution in [2.24, 2.45) is 0 Å². The largest absolute Gasteiger partial charge is 0.416 e. The summed E-state index contributed by atoms with van der Waals surface area (Å²) in [6.45, 7) is 0.554. The van der Waals surface area contributed by atoms with E-state index in [2.05, 4.69) is 5.32 Å². The molecular formula is C33H29Cl3F3N3O4S. The van der Waals surface area contributed by atoms with Crippen molar-refractivity contribution >= 4 is 62.3 Å². The molecule has 0 aliphatic carbocycles. The van der Waals surface area contributed by atoms with E-state index in [0.717, 1.165) is 11.0 Å². The van der Waals surface area contributed by atoms with Gasteiger partial charge in [0.1, 0.15) is 12.6 Å². The average Bonchev–Trinajstić information content (AvgIpc) is 3.03. The fourth-order valence-electron chi connectivity index (χ4n) is 4.81. The Hall–Kier alpha value is -3.77. The van der Waals surface area contributed by atoms with Gasteiger partial charge in [-0.2, -0.15) is 13.2 Å². The molecule has 0 heterocycles. The van der Waals surface area contributed by atoms with Crippen molar-refractivity contribution in [3.8, 4) is 0 Å². The molecule has 0 bridgehead atoms. The summed E-state index contributed by atoms with van der Waals surface area (Å²) in [6, 6.07) is 21.3. The lowest BCUT2D eigenvalue weighted by atomic mass is 10.0. The normalized spacial score (nSPS) is 12.3. The van der Waals surface area contributed by atoms with Gasteiger partial charge in [0.15, 0.2) is 0 Å². The van der Waals surface area contributed by atoms with E-state index < -0.39 is 51.9 Å². The van der Waals surface area contributed by atoms with Crippen molar-refractivity contribution in [3.63, 3.8) is 0 Å². The Labute approximate surface area is 285 Å². The van der Waals surface area contributed by atoms with Gasteiger partial charge in [0, 0.05) is 35.1 Å². The number of carbonyl (C=O) groups is 2. The smallest absolute Gasteiger partial charge is 0.355 e. The molecule has 0 spiro atoms. The number of hydrogen-bond acceptors (Lipinski definition) is 4. The first-order valence-electron chi connectivity index (χ1n) is 14.2. The van der Waals surface area contributed by atoms with Crippen LogP contribution in [-0.2, 0) is 38.8 Å². The Morgan fingerprint density at radius 1 is 0.830 bits per heavy atom. The molecule has 248 valence electrons. The van der Waals surface area contributed by atoms with Gasteiger partial charge in [0.25, 0.3) is 10.0 Å². The van der Waals surface area contributed by atoms with Gasteiger partial charge in [0.05, 0.1) is 21.2 Å². The summed E-state index contributed by atoms with van der Waals surface area (Å²) in [4.78, 5) is 28.9. The highest BCUT2D eigenvalue weighted by Crippen LogP contribution is 2.38. The highest BCUT2D eigenvalue weighted by atomic mass is 35.5. The predicted octanol–water partition coefficient (Wildman–Crippen LogP) is 7.64. The average molecular weight is 727 g/mol. The van der Waals surface area contributed by atoms with Gasteiger partial charge in [-0.1, -0.05) is 89.4 Å². The second-order valence-electron chi connectivity index (χ2n) is 10.3. The van der Waals surface area contributed by atoms with Crippen LogP contribution in [0, 0.1) is 0 Å². The van der Waals surface area contributed by atoms with E-state index in [4.69, 9.17) is 34.8 Å². The molecule has 4 aromatic carbocycles. The van der Waals surface area contributed by atoms with Crippen molar-refractivity contribution in [1.29, 1.82) is 0 Å². The Morgan fingerprint density at radius 2 is 1.43 bits per heavy atom. The van der Waals surface area contributed by atoms with Crippen LogP contribution in [0.25, 0.3) is 0 Å². The number of anilines is 1.